The first-order chi connectivity index (χ1) is 17.6. The van der Waals surface area contributed by atoms with Crippen LogP contribution in [0.1, 0.15) is 29.2 Å². The molecule has 36 heavy (non-hydrogen) atoms. The van der Waals surface area contributed by atoms with Gasteiger partial charge in [0.05, 0.1) is 22.7 Å². The summed E-state index contributed by atoms with van der Waals surface area (Å²) in [6, 6.07) is 25.3. The molecule has 0 aliphatic rings. The lowest BCUT2D eigenvalue weighted by molar-refractivity contribution is 0.509. The number of fused-ring (bicyclic) bond motifs is 3. The zero-order chi connectivity index (χ0) is 24.6. The van der Waals surface area contributed by atoms with Crippen molar-refractivity contribution in [3.63, 3.8) is 0 Å². The van der Waals surface area contributed by atoms with Crippen molar-refractivity contribution >= 4 is 28.4 Å². The summed E-state index contributed by atoms with van der Waals surface area (Å²) < 4.78 is 9.58. The quantitative estimate of drug-likeness (QED) is 0.290. The van der Waals surface area contributed by atoms with E-state index in [9.17, 15) is 4.79 Å². The lowest BCUT2D eigenvalue weighted by Gasteiger charge is -2.12. The van der Waals surface area contributed by atoms with Crippen molar-refractivity contribution < 1.29 is 4.42 Å². The third kappa shape index (κ3) is 3.97. The Hall–Kier alpha value is -4.24. The predicted octanol–water partition coefficient (Wildman–Crippen LogP) is 5.30. The van der Waals surface area contributed by atoms with E-state index in [4.69, 9.17) is 4.42 Å². The summed E-state index contributed by atoms with van der Waals surface area (Å²) in [5, 5.41) is 18.5. The van der Waals surface area contributed by atoms with E-state index in [1.807, 2.05) is 97.1 Å². The molecule has 0 N–H and O–H groups in total. The van der Waals surface area contributed by atoms with Gasteiger partial charge in [-0.05, 0) is 43.7 Å². The molecule has 0 aliphatic carbocycles. The van der Waals surface area contributed by atoms with Crippen LogP contribution < -0.4 is 5.56 Å². The van der Waals surface area contributed by atoms with Crippen molar-refractivity contribution in [2.45, 2.75) is 30.8 Å². The fourth-order valence-corrected chi connectivity index (χ4v) is 5.02. The summed E-state index contributed by atoms with van der Waals surface area (Å²) in [7, 11) is 0. The van der Waals surface area contributed by atoms with Crippen molar-refractivity contribution in [2.24, 2.45) is 0 Å². The highest BCUT2D eigenvalue weighted by molar-refractivity contribution is 7.99. The van der Waals surface area contributed by atoms with Crippen LogP contribution in [-0.2, 0) is 6.54 Å². The summed E-state index contributed by atoms with van der Waals surface area (Å²) in [4.78, 5) is 13.4. The third-order valence-corrected chi connectivity index (χ3v) is 7.06. The molecular formula is C27H22N6O2S. The molecule has 8 nitrogen and oxygen atoms in total. The zero-order valence-corrected chi connectivity index (χ0v) is 20.5. The normalized spacial score (nSPS) is 12.4. The fraction of sp³-hybridized carbons (Fsp3) is 0.148. The fourth-order valence-electron chi connectivity index (χ4n) is 4.14. The van der Waals surface area contributed by atoms with Crippen LogP contribution >= 0.6 is 11.8 Å². The molecule has 178 valence electrons. The first-order valence-corrected chi connectivity index (χ1v) is 12.4. The molecule has 0 radical (unpaired) electrons. The molecule has 0 spiro atoms. The minimum atomic E-state index is -0.183. The number of para-hydroxylation sites is 1. The Balaban J connectivity index is 1.40. The molecule has 3 aromatic carbocycles. The van der Waals surface area contributed by atoms with Crippen LogP contribution in [0, 0.1) is 6.92 Å². The molecule has 0 saturated carbocycles. The smallest absolute Gasteiger partial charge is 0.263 e. The lowest BCUT2D eigenvalue weighted by atomic mass is 10.1. The van der Waals surface area contributed by atoms with E-state index in [0.717, 1.165) is 16.6 Å². The van der Waals surface area contributed by atoms with Crippen LogP contribution in [0.15, 0.2) is 93.2 Å². The van der Waals surface area contributed by atoms with E-state index in [2.05, 4.69) is 20.4 Å². The van der Waals surface area contributed by atoms with Crippen LogP contribution in [0.25, 0.3) is 28.1 Å². The van der Waals surface area contributed by atoms with Gasteiger partial charge in [0.2, 0.25) is 17.6 Å². The second-order valence-corrected chi connectivity index (χ2v) is 9.89. The maximum atomic E-state index is 13.4. The van der Waals surface area contributed by atoms with Crippen molar-refractivity contribution in [1.82, 2.24) is 29.4 Å². The van der Waals surface area contributed by atoms with E-state index in [-0.39, 0.29) is 10.8 Å². The van der Waals surface area contributed by atoms with Crippen molar-refractivity contribution in [1.29, 1.82) is 0 Å². The summed E-state index contributed by atoms with van der Waals surface area (Å²) in [5.74, 6) is 1.46. The van der Waals surface area contributed by atoms with Crippen molar-refractivity contribution in [2.75, 3.05) is 0 Å². The highest BCUT2D eigenvalue weighted by Crippen LogP contribution is 2.35. The molecular weight excluding hydrogens is 472 g/mol. The minimum absolute atomic E-state index is 0.0985. The topological polar surface area (TPSA) is 91.1 Å². The van der Waals surface area contributed by atoms with Gasteiger partial charge in [0, 0.05) is 5.56 Å². The molecule has 0 fully saturated rings. The molecule has 0 saturated heterocycles. The molecule has 6 aromatic rings. The molecule has 0 bridgehead atoms. The van der Waals surface area contributed by atoms with Gasteiger partial charge in [0.15, 0.2) is 5.16 Å². The van der Waals surface area contributed by atoms with E-state index in [0.29, 0.717) is 34.6 Å². The molecule has 3 heterocycles. The monoisotopic (exact) mass is 494 g/mol. The average molecular weight is 495 g/mol. The van der Waals surface area contributed by atoms with Crippen molar-refractivity contribution in [3.8, 4) is 11.5 Å². The number of hydrogen-bond donors (Lipinski definition) is 0. The molecule has 9 heteroatoms. The van der Waals surface area contributed by atoms with Crippen LogP contribution in [0.3, 0.4) is 0 Å². The third-order valence-electron chi connectivity index (χ3n) is 6.03. The number of benzene rings is 3. The van der Waals surface area contributed by atoms with E-state index in [1.165, 1.54) is 17.3 Å². The Morgan fingerprint density at radius 1 is 0.889 bits per heavy atom. The molecule has 1 unspecified atom stereocenters. The summed E-state index contributed by atoms with van der Waals surface area (Å²) in [6.45, 7) is 4.42. The SMILES string of the molecule is Cc1ccc(-c2nnc(C(C)Sc3nnc4n(Cc5ccccc5)c(=O)c5ccccc5n34)o2)cc1. The van der Waals surface area contributed by atoms with Crippen LogP contribution in [0.5, 0.6) is 0 Å². The highest BCUT2D eigenvalue weighted by Gasteiger charge is 2.22. The van der Waals surface area contributed by atoms with Gasteiger partial charge in [-0.15, -0.1) is 20.4 Å². The molecule has 3 aromatic heterocycles. The van der Waals surface area contributed by atoms with Gasteiger partial charge in [-0.2, -0.15) is 0 Å². The summed E-state index contributed by atoms with van der Waals surface area (Å²) in [6.07, 6.45) is 0. The Labute approximate surface area is 210 Å². The summed E-state index contributed by atoms with van der Waals surface area (Å²) in [5.41, 5.74) is 3.71. The number of thioether (sulfide) groups is 1. The number of nitrogens with zero attached hydrogens (tertiary/aromatic N) is 6. The Morgan fingerprint density at radius 3 is 2.44 bits per heavy atom. The first kappa shape index (κ1) is 22.2. The number of rotatable bonds is 6. The largest absolute Gasteiger partial charge is 0.419 e. The number of aryl methyl sites for hydroxylation is 1. The van der Waals surface area contributed by atoms with E-state index in [1.54, 1.807) is 4.57 Å². The molecule has 1 atom stereocenters. The minimum Gasteiger partial charge on any atom is -0.419 e. The van der Waals surface area contributed by atoms with Crippen molar-refractivity contribution in [3.05, 3.63) is 106 Å². The Morgan fingerprint density at radius 2 is 1.64 bits per heavy atom. The van der Waals surface area contributed by atoms with Gasteiger partial charge in [-0.3, -0.25) is 13.8 Å². The van der Waals surface area contributed by atoms with Gasteiger partial charge in [-0.1, -0.05) is 71.9 Å². The van der Waals surface area contributed by atoms with Gasteiger partial charge >= 0.3 is 0 Å². The number of hydrogen-bond acceptors (Lipinski definition) is 7. The zero-order valence-electron chi connectivity index (χ0n) is 19.7. The Kier molecular flexibility index (Phi) is 5.61. The van der Waals surface area contributed by atoms with Crippen LogP contribution in [0.2, 0.25) is 0 Å². The molecule has 0 aliphatic heterocycles. The first-order valence-electron chi connectivity index (χ1n) is 11.6. The second kappa shape index (κ2) is 9.09. The Bertz CT molecular complexity index is 1740. The summed E-state index contributed by atoms with van der Waals surface area (Å²) >= 11 is 1.46. The van der Waals surface area contributed by atoms with Gasteiger partial charge in [-0.25, -0.2) is 0 Å². The van der Waals surface area contributed by atoms with Crippen LogP contribution in [0.4, 0.5) is 0 Å². The lowest BCUT2D eigenvalue weighted by Crippen LogP contribution is -2.24. The second-order valence-electron chi connectivity index (χ2n) is 8.58. The molecule has 6 rings (SSSR count). The van der Waals surface area contributed by atoms with E-state index >= 15 is 0 Å². The standard InChI is InChI=1S/C27H22N6O2S/c1-17-12-14-20(15-13-17)24-29-28-23(35-24)18(2)36-27-31-30-26-32(16-19-8-4-3-5-9-19)25(34)21-10-6-7-11-22(21)33(26)27/h3-15,18H,16H2,1-2H3. The predicted molar refractivity (Wildman–Crippen MR) is 139 cm³/mol. The van der Waals surface area contributed by atoms with Crippen LogP contribution in [-0.4, -0.2) is 29.4 Å². The van der Waals surface area contributed by atoms with Gasteiger partial charge < -0.3 is 4.42 Å². The average Bonchev–Trinajstić information content (AvgIpc) is 3.56. The number of aromatic nitrogens is 6. The van der Waals surface area contributed by atoms with Gasteiger partial charge in [0.1, 0.15) is 0 Å². The molecule has 0 amide bonds. The van der Waals surface area contributed by atoms with E-state index < -0.39 is 0 Å². The maximum absolute atomic E-state index is 13.4. The highest BCUT2D eigenvalue weighted by atomic mass is 32.2. The maximum Gasteiger partial charge on any atom is 0.263 e. The van der Waals surface area contributed by atoms with Gasteiger partial charge in [0.25, 0.3) is 5.56 Å².